The number of aromatic nitrogens is 1. The van der Waals surface area contributed by atoms with Crippen molar-refractivity contribution >= 4 is 36.5 Å². The van der Waals surface area contributed by atoms with E-state index in [2.05, 4.69) is 9.71 Å². The van der Waals surface area contributed by atoms with Crippen LogP contribution in [0.3, 0.4) is 0 Å². The first-order chi connectivity index (χ1) is 12.2. The number of nitrogens with one attached hydrogen (secondary N) is 1. The van der Waals surface area contributed by atoms with Gasteiger partial charge in [0.15, 0.2) is 9.84 Å². The summed E-state index contributed by atoms with van der Waals surface area (Å²) in [6.45, 7) is 1.72. The smallest absolute Gasteiger partial charge is 0.264 e. The minimum Gasteiger partial charge on any atom is -0.280 e. The van der Waals surface area contributed by atoms with Crippen molar-refractivity contribution in [3.63, 3.8) is 0 Å². The molecule has 0 radical (unpaired) electrons. The highest BCUT2D eigenvalue weighted by molar-refractivity contribution is 7.93. The Labute approximate surface area is 152 Å². The predicted molar refractivity (Wildman–Crippen MR) is 102 cm³/mol. The monoisotopic (exact) mass is 390 g/mol. The summed E-state index contributed by atoms with van der Waals surface area (Å²) in [5.41, 5.74) is 1.96. The molecule has 6 nitrogen and oxygen atoms in total. The second kappa shape index (κ2) is 6.69. The number of sulfone groups is 1. The van der Waals surface area contributed by atoms with Gasteiger partial charge in [-0.05, 0) is 36.2 Å². The molecule has 0 aliphatic heterocycles. The van der Waals surface area contributed by atoms with E-state index in [1.54, 1.807) is 55.6 Å². The summed E-state index contributed by atoms with van der Waals surface area (Å²) in [4.78, 5) is 4.35. The van der Waals surface area contributed by atoms with E-state index in [4.69, 9.17) is 0 Å². The van der Waals surface area contributed by atoms with Gasteiger partial charge in [0.1, 0.15) is 4.90 Å². The summed E-state index contributed by atoms with van der Waals surface area (Å²) in [7, 11) is -6.99. The van der Waals surface area contributed by atoms with E-state index >= 15 is 0 Å². The van der Waals surface area contributed by atoms with E-state index < -0.39 is 19.9 Å². The summed E-state index contributed by atoms with van der Waals surface area (Å²) in [6.07, 6.45) is 2.71. The van der Waals surface area contributed by atoms with E-state index in [1.165, 1.54) is 0 Å². The second-order valence-electron chi connectivity index (χ2n) is 6.16. The van der Waals surface area contributed by atoms with Crippen molar-refractivity contribution in [1.29, 1.82) is 0 Å². The number of anilines is 1. The van der Waals surface area contributed by atoms with Gasteiger partial charge in [-0.2, -0.15) is 0 Å². The van der Waals surface area contributed by atoms with E-state index in [-0.39, 0.29) is 10.6 Å². The third kappa shape index (κ3) is 4.03. The number of benzene rings is 2. The Kier molecular flexibility index (Phi) is 4.72. The molecule has 1 aromatic heterocycles. The van der Waals surface area contributed by atoms with Gasteiger partial charge in [0.05, 0.1) is 11.3 Å². The Balaban J connectivity index is 1.96. The van der Waals surface area contributed by atoms with Crippen molar-refractivity contribution in [3.8, 4) is 0 Å². The standard InChI is InChI=1S/C18H18N2O4S2/c1-13-5-8-15-4-3-11-19-17(15)18(13)26(23,24)20-16-9-6-14(7-10-16)12-25(2,21)22/h3-11,20H,12H2,1-2H3. The fourth-order valence-electron chi connectivity index (χ4n) is 2.74. The van der Waals surface area contributed by atoms with Crippen LogP contribution in [0.15, 0.2) is 59.6 Å². The average molecular weight is 390 g/mol. The van der Waals surface area contributed by atoms with Crippen molar-refractivity contribution in [2.75, 3.05) is 11.0 Å². The largest absolute Gasteiger partial charge is 0.280 e. The normalized spacial score (nSPS) is 12.2. The van der Waals surface area contributed by atoms with Gasteiger partial charge in [-0.15, -0.1) is 0 Å². The number of sulfonamides is 1. The Morgan fingerprint density at radius 2 is 1.65 bits per heavy atom. The molecule has 0 spiro atoms. The van der Waals surface area contributed by atoms with E-state index in [0.29, 0.717) is 22.3 Å². The Bertz CT molecular complexity index is 1170. The molecule has 0 unspecified atom stereocenters. The summed E-state index contributed by atoms with van der Waals surface area (Å²) in [6, 6.07) is 13.4. The Morgan fingerprint density at radius 3 is 2.31 bits per heavy atom. The van der Waals surface area contributed by atoms with Crippen LogP contribution in [0.5, 0.6) is 0 Å². The lowest BCUT2D eigenvalue weighted by Gasteiger charge is -2.13. The number of nitrogens with zero attached hydrogens (tertiary/aromatic N) is 1. The van der Waals surface area contributed by atoms with Crippen molar-refractivity contribution in [2.24, 2.45) is 0 Å². The molecular formula is C18H18N2O4S2. The molecule has 2 aromatic carbocycles. The van der Waals surface area contributed by atoms with Crippen LogP contribution >= 0.6 is 0 Å². The molecule has 0 aliphatic rings. The molecule has 1 heterocycles. The maximum absolute atomic E-state index is 12.9. The third-order valence-corrected chi connectivity index (χ3v) is 6.24. The van der Waals surface area contributed by atoms with Gasteiger partial charge in [-0.1, -0.05) is 30.3 Å². The SMILES string of the molecule is Cc1ccc2cccnc2c1S(=O)(=O)Nc1ccc(CS(C)(=O)=O)cc1. The molecule has 0 saturated carbocycles. The molecule has 136 valence electrons. The van der Waals surface area contributed by atoms with Crippen LogP contribution in [0.4, 0.5) is 5.69 Å². The van der Waals surface area contributed by atoms with Crippen molar-refractivity contribution in [2.45, 2.75) is 17.6 Å². The van der Waals surface area contributed by atoms with Crippen molar-refractivity contribution in [1.82, 2.24) is 4.98 Å². The van der Waals surface area contributed by atoms with Gasteiger partial charge >= 0.3 is 0 Å². The highest BCUT2D eigenvalue weighted by Gasteiger charge is 2.21. The van der Waals surface area contributed by atoms with Crippen LogP contribution in [0.2, 0.25) is 0 Å². The van der Waals surface area contributed by atoms with Crippen LogP contribution in [-0.4, -0.2) is 28.1 Å². The highest BCUT2D eigenvalue weighted by Crippen LogP contribution is 2.26. The number of hydrogen-bond acceptors (Lipinski definition) is 5. The van der Waals surface area contributed by atoms with Gasteiger partial charge in [-0.3, -0.25) is 9.71 Å². The maximum atomic E-state index is 12.9. The molecule has 0 saturated heterocycles. The molecule has 8 heteroatoms. The molecule has 3 aromatic rings. The average Bonchev–Trinajstić information content (AvgIpc) is 2.54. The lowest BCUT2D eigenvalue weighted by Crippen LogP contribution is -2.15. The first-order valence-corrected chi connectivity index (χ1v) is 11.3. The zero-order valence-corrected chi connectivity index (χ0v) is 15.9. The summed E-state index contributed by atoms with van der Waals surface area (Å²) < 4.78 is 51.0. The van der Waals surface area contributed by atoms with E-state index in [9.17, 15) is 16.8 Å². The van der Waals surface area contributed by atoms with Gasteiger partial charge in [0.25, 0.3) is 10.0 Å². The van der Waals surface area contributed by atoms with E-state index in [1.807, 2.05) is 6.07 Å². The molecule has 0 bridgehead atoms. The maximum Gasteiger partial charge on any atom is 0.264 e. The third-order valence-electron chi connectivity index (χ3n) is 3.83. The topological polar surface area (TPSA) is 93.2 Å². The first kappa shape index (κ1) is 18.3. The molecule has 1 N–H and O–H groups in total. The Hall–Kier alpha value is -2.45. The minimum atomic E-state index is -3.85. The second-order valence-corrected chi connectivity index (χ2v) is 9.92. The number of rotatable bonds is 5. The molecule has 0 atom stereocenters. The van der Waals surface area contributed by atoms with Gasteiger partial charge < -0.3 is 0 Å². The molecule has 0 amide bonds. The van der Waals surface area contributed by atoms with Crippen LogP contribution in [0.1, 0.15) is 11.1 Å². The quantitative estimate of drug-likeness (QED) is 0.723. The van der Waals surface area contributed by atoms with Crippen LogP contribution in [0, 0.1) is 6.92 Å². The molecular weight excluding hydrogens is 372 g/mol. The van der Waals surface area contributed by atoms with Gasteiger partial charge in [-0.25, -0.2) is 16.8 Å². The zero-order chi connectivity index (χ0) is 18.9. The van der Waals surface area contributed by atoms with Gasteiger partial charge in [0.2, 0.25) is 0 Å². The fourth-order valence-corrected chi connectivity index (χ4v) is 5.00. The predicted octanol–water partition coefficient (Wildman–Crippen LogP) is 2.89. The van der Waals surface area contributed by atoms with Crippen LogP contribution in [-0.2, 0) is 25.6 Å². The highest BCUT2D eigenvalue weighted by atomic mass is 32.2. The molecule has 0 aliphatic carbocycles. The number of hydrogen-bond donors (Lipinski definition) is 1. The van der Waals surface area contributed by atoms with Crippen molar-refractivity contribution in [3.05, 3.63) is 65.9 Å². The minimum absolute atomic E-state index is 0.0909. The van der Waals surface area contributed by atoms with Crippen LogP contribution in [0.25, 0.3) is 10.9 Å². The van der Waals surface area contributed by atoms with Crippen LogP contribution < -0.4 is 4.72 Å². The number of aryl methyl sites for hydroxylation is 1. The summed E-state index contributed by atoms with van der Waals surface area (Å²) >= 11 is 0. The number of pyridine rings is 1. The first-order valence-electron chi connectivity index (χ1n) is 7.79. The fraction of sp³-hybridized carbons (Fsp3) is 0.167. The molecule has 0 fully saturated rings. The zero-order valence-electron chi connectivity index (χ0n) is 14.3. The molecule has 26 heavy (non-hydrogen) atoms. The molecule has 3 rings (SSSR count). The van der Waals surface area contributed by atoms with Crippen molar-refractivity contribution < 1.29 is 16.8 Å². The summed E-state index contributed by atoms with van der Waals surface area (Å²) in [5, 5.41) is 0.738. The Morgan fingerprint density at radius 1 is 0.962 bits per heavy atom. The van der Waals surface area contributed by atoms with E-state index in [0.717, 1.165) is 11.6 Å². The van der Waals surface area contributed by atoms with Gasteiger partial charge in [0, 0.05) is 23.5 Å². The lowest BCUT2D eigenvalue weighted by molar-refractivity contribution is 0.599. The lowest BCUT2D eigenvalue weighted by atomic mass is 10.1. The summed E-state index contributed by atoms with van der Waals surface area (Å²) in [5.74, 6) is -0.0909. The number of fused-ring (bicyclic) bond motifs is 1.